The van der Waals surface area contributed by atoms with Gasteiger partial charge in [-0.2, -0.15) is 0 Å². The minimum atomic E-state index is -0.638. The SMILES string of the molecule is C1=CC(C2=N[C@H](c3ccccc3)CO2)C(P(c2ccccc2)c2ccccc2)=C1. The lowest BCUT2D eigenvalue weighted by molar-refractivity contribution is 0.309. The van der Waals surface area contributed by atoms with Gasteiger partial charge < -0.3 is 4.74 Å². The summed E-state index contributed by atoms with van der Waals surface area (Å²) in [4.78, 5) is 4.97. The monoisotopic (exact) mass is 395 g/mol. The second-order valence-electron chi connectivity index (χ2n) is 7.17. The van der Waals surface area contributed by atoms with Crippen LogP contribution in [0.1, 0.15) is 11.6 Å². The Labute approximate surface area is 173 Å². The normalized spacial score (nSPS) is 20.4. The van der Waals surface area contributed by atoms with Crippen LogP contribution >= 0.6 is 7.92 Å². The molecule has 0 fully saturated rings. The number of rotatable bonds is 5. The van der Waals surface area contributed by atoms with Crippen molar-refractivity contribution in [3.8, 4) is 0 Å². The van der Waals surface area contributed by atoms with Gasteiger partial charge in [0.05, 0.1) is 5.92 Å². The molecule has 2 atom stereocenters. The van der Waals surface area contributed by atoms with Gasteiger partial charge in [0, 0.05) is 0 Å². The van der Waals surface area contributed by atoms with E-state index in [1.807, 2.05) is 6.07 Å². The van der Waals surface area contributed by atoms with Crippen molar-refractivity contribution >= 4 is 24.4 Å². The summed E-state index contributed by atoms with van der Waals surface area (Å²) < 4.78 is 6.12. The average Bonchev–Trinajstić information content (AvgIpc) is 3.46. The van der Waals surface area contributed by atoms with Crippen molar-refractivity contribution in [3.05, 3.63) is 120 Å². The summed E-state index contributed by atoms with van der Waals surface area (Å²) in [5.74, 6) is 0.952. The van der Waals surface area contributed by atoms with Gasteiger partial charge in [-0.15, -0.1) is 0 Å². The molecule has 0 saturated heterocycles. The fourth-order valence-electron chi connectivity index (χ4n) is 3.90. The number of aliphatic imine (C=N–C) groups is 1. The maximum atomic E-state index is 6.12. The molecule has 29 heavy (non-hydrogen) atoms. The van der Waals surface area contributed by atoms with Crippen molar-refractivity contribution in [1.82, 2.24) is 0 Å². The highest BCUT2D eigenvalue weighted by Crippen LogP contribution is 2.50. The Morgan fingerprint density at radius 1 is 0.759 bits per heavy atom. The Hall–Kier alpha value is -2.96. The van der Waals surface area contributed by atoms with Gasteiger partial charge in [-0.3, -0.25) is 0 Å². The largest absolute Gasteiger partial charge is 0.478 e. The first-order valence-corrected chi connectivity index (χ1v) is 11.3. The third-order valence-electron chi connectivity index (χ3n) is 5.30. The molecule has 3 aromatic rings. The molecule has 0 N–H and O–H groups in total. The fraction of sp³-hybridized carbons (Fsp3) is 0.115. The standard InChI is InChI=1S/C26H22NOP/c1-4-11-20(12-5-1)24-19-28-26(27-24)23-17-10-18-25(23)29(21-13-6-2-7-14-21)22-15-8-3-9-16-22/h1-18,23-24H,19H2/t23?,24-/m0/s1. The lowest BCUT2D eigenvalue weighted by Gasteiger charge is -2.24. The lowest BCUT2D eigenvalue weighted by atomic mass is 10.1. The van der Waals surface area contributed by atoms with Crippen molar-refractivity contribution in [1.29, 1.82) is 0 Å². The Morgan fingerprint density at radius 2 is 1.34 bits per heavy atom. The molecular formula is C26H22NOP. The third kappa shape index (κ3) is 3.69. The van der Waals surface area contributed by atoms with E-state index in [1.54, 1.807) is 0 Å². The number of nitrogens with zero attached hydrogens (tertiary/aromatic N) is 1. The van der Waals surface area contributed by atoms with E-state index in [9.17, 15) is 0 Å². The minimum Gasteiger partial charge on any atom is -0.478 e. The minimum absolute atomic E-state index is 0.0844. The summed E-state index contributed by atoms with van der Waals surface area (Å²) in [6.07, 6.45) is 6.64. The van der Waals surface area contributed by atoms with Gasteiger partial charge in [0.2, 0.25) is 0 Å². The van der Waals surface area contributed by atoms with Crippen LogP contribution in [0.15, 0.2) is 120 Å². The smallest absolute Gasteiger partial charge is 0.195 e. The molecule has 1 heterocycles. The second kappa shape index (κ2) is 8.19. The lowest BCUT2D eigenvalue weighted by Crippen LogP contribution is -2.20. The summed E-state index contributed by atoms with van der Waals surface area (Å²) in [5, 5.41) is 4.09. The molecule has 0 radical (unpaired) electrons. The predicted molar refractivity (Wildman–Crippen MR) is 122 cm³/mol. The van der Waals surface area contributed by atoms with Gasteiger partial charge in [-0.1, -0.05) is 109 Å². The molecule has 3 aromatic carbocycles. The number of allylic oxidation sites excluding steroid dienone is 2. The van der Waals surface area contributed by atoms with Crippen LogP contribution in [0.25, 0.3) is 0 Å². The van der Waals surface area contributed by atoms with E-state index in [0.29, 0.717) is 6.61 Å². The molecule has 1 aliphatic carbocycles. The van der Waals surface area contributed by atoms with Crippen LogP contribution in [-0.4, -0.2) is 12.5 Å². The van der Waals surface area contributed by atoms with E-state index in [2.05, 4.69) is 103 Å². The summed E-state index contributed by atoms with van der Waals surface area (Å²) >= 11 is 0. The molecular weight excluding hydrogens is 373 g/mol. The van der Waals surface area contributed by atoms with Crippen LogP contribution in [-0.2, 0) is 4.74 Å². The van der Waals surface area contributed by atoms with Crippen LogP contribution in [0.3, 0.4) is 0 Å². The van der Waals surface area contributed by atoms with Crippen molar-refractivity contribution in [2.75, 3.05) is 6.61 Å². The van der Waals surface area contributed by atoms with Crippen LogP contribution in [0, 0.1) is 5.92 Å². The van der Waals surface area contributed by atoms with Gasteiger partial charge in [0.1, 0.15) is 12.6 Å². The van der Waals surface area contributed by atoms with Gasteiger partial charge in [-0.25, -0.2) is 4.99 Å². The zero-order valence-electron chi connectivity index (χ0n) is 16.1. The first-order chi connectivity index (χ1) is 14.4. The van der Waals surface area contributed by atoms with Crippen molar-refractivity contribution < 1.29 is 4.74 Å². The molecule has 0 saturated carbocycles. The third-order valence-corrected chi connectivity index (χ3v) is 7.87. The zero-order valence-corrected chi connectivity index (χ0v) is 17.0. The van der Waals surface area contributed by atoms with Crippen LogP contribution in [0.4, 0.5) is 0 Å². The number of ether oxygens (including phenoxy) is 1. The highest BCUT2D eigenvalue weighted by Gasteiger charge is 2.33. The van der Waals surface area contributed by atoms with Crippen LogP contribution in [0.5, 0.6) is 0 Å². The number of hydrogen-bond donors (Lipinski definition) is 0. The Balaban J connectivity index is 1.49. The molecule has 0 spiro atoms. The van der Waals surface area contributed by atoms with E-state index in [-0.39, 0.29) is 12.0 Å². The van der Waals surface area contributed by atoms with Gasteiger partial charge in [-0.05, 0) is 29.4 Å². The quantitative estimate of drug-likeness (QED) is 0.533. The highest BCUT2D eigenvalue weighted by atomic mass is 31.1. The molecule has 1 aliphatic heterocycles. The van der Waals surface area contributed by atoms with E-state index >= 15 is 0 Å². The maximum Gasteiger partial charge on any atom is 0.195 e. The van der Waals surface area contributed by atoms with Gasteiger partial charge in [0.25, 0.3) is 0 Å². The fourth-order valence-corrected chi connectivity index (χ4v) is 6.44. The Morgan fingerprint density at radius 3 is 1.97 bits per heavy atom. The summed E-state index contributed by atoms with van der Waals surface area (Å²) in [5.41, 5.74) is 1.21. The number of hydrogen-bond acceptors (Lipinski definition) is 2. The van der Waals surface area contributed by atoms with Crippen LogP contribution < -0.4 is 10.6 Å². The van der Waals surface area contributed by atoms with Crippen LogP contribution in [0.2, 0.25) is 0 Å². The van der Waals surface area contributed by atoms with Crippen molar-refractivity contribution in [2.45, 2.75) is 6.04 Å². The highest BCUT2D eigenvalue weighted by molar-refractivity contribution is 7.76. The van der Waals surface area contributed by atoms with Crippen molar-refractivity contribution in [2.24, 2.45) is 10.9 Å². The molecule has 142 valence electrons. The maximum absolute atomic E-state index is 6.12. The molecule has 2 aliphatic rings. The molecule has 5 rings (SSSR count). The van der Waals surface area contributed by atoms with Gasteiger partial charge in [0.15, 0.2) is 5.90 Å². The van der Waals surface area contributed by atoms with Crippen molar-refractivity contribution in [3.63, 3.8) is 0 Å². The van der Waals surface area contributed by atoms with E-state index < -0.39 is 7.92 Å². The topological polar surface area (TPSA) is 21.6 Å². The van der Waals surface area contributed by atoms with E-state index in [4.69, 9.17) is 9.73 Å². The van der Waals surface area contributed by atoms with E-state index in [0.717, 1.165) is 5.90 Å². The molecule has 0 bridgehead atoms. The van der Waals surface area contributed by atoms with E-state index in [1.165, 1.54) is 21.5 Å². The molecule has 2 nitrogen and oxygen atoms in total. The molecule has 1 unspecified atom stereocenters. The zero-order chi connectivity index (χ0) is 19.5. The van der Waals surface area contributed by atoms with Gasteiger partial charge >= 0.3 is 0 Å². The molecule has 0 aromatic heterocycles. The summed E-state index contributed by atoms with van der Waals surface area (Å²) in [6.45, 7) is 0.617. The summed E-state index contributed by atoms with van der Waals surface area (Å²) in [7, 11) is -0.638. The number of benzene rings is 3. The second-order valence-corrected chi connectivity index (χ2v) is 9.39. The average molecular weight is 395 g/mol. The predicted octanol–water partition coefficient (Wildman–Crippen LogP) is 5.36. The Bertz CT molecular complexity index is 1020. The molecule has 3 heteroatoms. The Kier molecular flexibility index (Phi) is 5.11. The first kappa shape index (κ1) is 18.1. The molecule has 0 amide bonds. The first-order valence-electron chi connectivity index (χ1n) is 9.94. The summed E-state index contributed by atoms with van der Waals surface area (Å²) in [6, 6.07) is 32.1.